The first-order chi connectivity index (χ1) is 7.91. The van der Waals surface area contributed by atoms with Crippen LogP contribution in [0.15, 0.2) is 18.2 Å². The molecular formula is C12H13ClN2O2. The molecule has 1 saturated carbocycles. The van der Waals surface area contributed by atoms with Gasteiger partial charge in [-0.3, -0.25) is 9.59 Å². The van der Waals surface area contributed by atoms with E-state index >= 15 is 0 Å². The van der Waals surface area contributed by atoms with Gasteiger partial charge in [0.15, 0.2) is 0 Å². The molecule has 5 heteroatoms. The van der Waals surface area contributed by atoms with Crippen LogP contribution in [0.2, 0.25) is 5.02 Å². The summed E-state index contributed by atoms with van der Waals surface area (Å²) in [6.45, 7) is 1.85. The van der Waals surface area contributed by atoms with Crippen LogP contribution in [0, 0.1) is 12.3 Å². The Hall–Kier alpha value is -1.55. The predicted molar refractivity (Wildman–Crippen MR) is 64.4 cm³/mol. The molecule has 0 radical (unpaired) electrons. The molecule has 1 aromatic carbocycles. The van der Waals surface area contributed by atoms with Gasteiger partial charge in [-0.1, -0.05) is 23.7 Å². The largest absolute Gasteiger partial charge is 0.369 e. The van der Waals surface area contributed by atoms with Crippen LogP contribution in [-0.2, 0) is 9.59 Å². The second kappa shape index (κ2) is 3.74. The number of benzene rings is 1. The van der Waals surface area contributed by atoms with Crippen molar-refractivity contribution in [3.8, 4) is 0 Å². The molecule has 2 rings (SSSR count). The normalized spacial score (nSPS) is 20.9. The number of halogens is 1. The predicted octanol–water partition coefficient (Wildman–Crippen LogP) is 1.09. The van der Waals surface area contributed by atoms with Gasteiger partial charge in [0, 0.05) is 10.9 Å². The smallest absolute Gasteiger partial charge is 0.233 e. The molecule has 4 N–H and O–H groups in total. The van der Waals surface area contributed by atoms with Gasteiger partial charge in [0.05, 0.1) is 0 Å². The molecule has 0 aromatic heterocycles. The molecule has 0 aliphatic heterocycles. The number of primary amides is 2. The molecule has 0 saturated heterocycles. The Morgan fingerprint density at radius 3 is 2.41 bits per heavy atom. The summed E-state index contributed by atoms with van der Waals surface area (Å²) >= 11 is 6.01. The second-order valence-corrected chi connectivity index (χ2v) is 4.82. The molecule has 4 nitrogen and oxygen atoms in total. The van der Waals surface area contributed by atoms with Gasteiger partial charge in [0.25, 0.3) is 0 Å². The Morgan fingerprint density at radius 2 is 1.94 bits per heavy atom. The van der Waals surface area contributed by atoms with Gasteiger partial charge in [-0.05, 0) is 30.5 Å². The summed E-state index contributed by atoms with van der Waals surface area (Å²) in [6.07, 6.45) is 0.374. The summed E-state index contributed by atoms with van der Waals surface area (Å²) in [7, 11) is 0. The van der Waals surface area contributed by atoms with E-state index in [0.717, 1.165) is 11.1 Å². The molecule has 17 heavy (non-hydrogen) atoms. The molecule has 0 heterocycles. The molecule has 1 fully saturated rings. The number of carbonyl (C=O) groups excluding carboxylic acids is 2. The molecule has 1 atom stereocenters. The lowest BCUT2D eigenvalue weighted by molar-refractivity contribution is -0.133. The van der Waals surface area contributed by atoms with Gasteiger partial charge in [0.2, 0.25) is 11.8 Å². The van der Waals surface area contributed by atoms with Crippen LogP contribution in [0.5, 0.6) is 0 Å². The number of carbonyl (C=O) groups is 2. The van der Waals surface area contributed by atoms with Crippen LogP contribution in [0.3, 0.4) is 0 Å². The van der Waals surface area contributed by atoms with Gasteiger partial charge in [0.1, 0.15) is 5.41 Å². The molecule has 1 aliphatic rings. The number of hydrogen-bond acceptors (Lipinski definition) is 2. The summed E-state index contributed by atoms with van der Waals surface area (Å²) < 4.78 is 0. The maximum absolute atomic E-state index is 11.4. The van der Waals surface area contributed by atoms with Crippen molar-refractivity contribution in [1.29, 1.82) is 0 Å². The van der Waals surface area contributed by atoms with E-state index in [2.05, 4.69) is 0 Å². The van der Waals surface area contributed by atoms with Gasteiger partial charge in [-0.2, -0.15) is 0 Å². The van der Waals surface area contributed by atoms with Crippen LogP contribution in [0.25, 0.3) is 0 Å². The van der Waals surface area contributed by atoms with Crippen molar-refractivity contribution >= 4 is 23.4 Å². The second-order valence-electron chi connectivity index (χ2n) is 4.41. The number of nitrogens with two attached hydrogens (primary N) is 2. The summed E-state index contributed by atoms with van der Waals surface area (Å²) in [6, 6.07) is 5.40. The molecule has 1 aliphatic carbocycles. The molecule has 0 spiro atoms. The fourth-order valence-corrected chi connectivity index (χ4v) is 2.49. The average molecular weight is 253 g/mol. The van der Waals surface area contributed by atoms with E-state index in [1.165, 1.54) is 0 Å². The molecular weight excluding hydrogens is 240 g/mol. The summed E-state index contributed by atoms with van der Waals surface area (Å²) in [5.41, 5.74) is 11.1. The number of rotatable bonds is 3. The van der Waals surface area contributed by atoms with Crippen molar-refractivity contribution in [2.75, 3.05) is 0 Å². The fourth-order valence-electron chi connectivity index (χ4n) is 2.31. The monoisotopic (exact) mass is 252 g/mol. The van der Waals surface area contributed by atoms with Crippen LogP contribution < -0.4 is 11.5 Å². The van der Waals surface area contributed by atoms with Gasteiger partial charge < -0.3 is 11.5 Å². The van der Waals surface area contributed by atoms with Crippen molar-refractivity contribution in [2.24, 2.45) is 16.9 Å². The topological polar surface area (TPSA) is 86.2 Å². The standard InChI is InChI=1S/C12H13ClN2O2/c1-6-7(3-2-4-9(6)13)8-5-12(8,10(14)16)11(15)17/h2-4,8H,5H2,1H3,(H2,14,16)(H2,15,17). The Morgan fingerprint density at radius 1 is 1.35 bits per heavy atom. The summed E-state index contributed by atoms with van der Waals surface area (Å²) in [5, 5.41) is 0.609. The van der Waals surface area contributed by atoms with Crippen LogP contribution >= 0.6 is 11.6 Å². The van der Waals surface area contributed by atoms with Gasteiger partial charge in [-0.15, -0.1) is 0 Å². The lowest BCUT2D eigenvalue weighted by Gasteiger charge is -2.11. The highest BCUT2D eigenvalue weighted by Gasteiger charge is 2.64. The molecule has 2 amide bonds. The van der Waals surface area contributed by atoms with Crippen molar-refractivity contribution < 1.29 is 9.59 Å². The highest BCUT2D eigenvalue weighted by Crippen LogP contribution is 2.59. The Kier molecular flexibility index (Phi) is 2.62. The Labute approximate surface area is 104 Å². The highest BCUT2D eigenvalue weighted by molar-refractivity contribution is 6.31. The van der Waals surface area contributed by atoms with Crippen molar-refractivity contribution in [1.82, 2.24) is 0 Å². The summed E-state index contributed by atoms with van der Waals surface area (Å²) in [5.74, 6) is -1.56. The molecule has 1 aromatic rings. The third-order valence-corrected chi connectivity index (χ3v) is 3.93. The number of amides is 2. The van der Waals surface area contributed by atoms with Crippen molar-refractivity contribution in [2.45, 2.75) is 19.3 Å². The van der Waals surface area contributed by atoms with E-state index in [9.17, 15) is 9.59 Å². The lowest BCUT2D eigenvalue weighted by Crippen LogP contribution is -2.38. The average Bonchev–Trinajstić information content (AvgIpc) is 2.98. The van der Waals surface area contributed by atoms with Crippen LogP contribution in [0.1, 0.15) is 23.5 Å². The van der Waals surface area contributed by atoms with E-state index < -0.39 is 17.2 Å². The van der Waals surface area contributed by atoms with Crippen LogP contribution in [-0.4, -0.2) is 11.8 Å². The zero-order valence-corrected chi connectivity index (χ0v) is 10.1. The minimum absolute atomic E-state index is 0.240. The third kappa shape index (κ3) is 1.60. The zero-order chi connectivity index (χ0) is 12.8. The first-order valence-corrected chi connectivity index (χ1v) is 5.64. The Balaban J connectivity index is 2.43. The maximum atomic E-state index is 11.4. The summed E-state index contributed by atoms with van der Waals surface area (Å²) in [4.78, 5) is 22.8. The van der Waals surface area contributed by atoms with E-state index in [-0.39, 0.29) is 5.92 Å². The zero-order valence-electron chi connectivity index (χ0n) is 9.37. The minimum Gasteiger partial charge on any atom is -0.369 e. The SMILES string of the molecule is Cc1c(Cl)cccc1C1CC1(C(N)=O)C(N)=O. The fraction of sp³-hybridized carbons (Fsp3) is 0.333. The van der Waals surface area contributed by atoms with Crippen molar-refractivity contribution in [3.63, 3.8) is 0 Å². The molecule has 1 unspecified atom stereocenters. The van der Waals surface area contributed by atoms with E-state index in [4.69, 9.17) is 23.1 Å². The Bertz CT molecular complexity index is 499. The van der Waals surface area contributed by atoms with Gasteiger partial charge >= 0.3 is 0 Å². The third-order valence-electron chi connectivity index (χ3n) is 3.53. The quantitative estimate of drug-likeness (QED) is 0.789. The highest BCUT2D eigenvalue weighted by atomic mass is 35.5. The lowest BCUT2D eigenvalue weighted by atomic mass is 9.95. The number of hydrogen-bond donors (Lipinski definition) is 2. The first-order valence-electron chi connectivity index (χ1n) is 5.26. The molecule has 0 bridgehead atoms. The minimum atomic E-state index is -1.23. The van der Waals surface area contributed by atoms with Gasteiger partial charge in [-0.25, -0.2) is 0 Å². The molecule has 90 valence electrons. The van der Waals surface area contributed by atoms with E-state index in [1.807, 2.05) is 13.0 Å². The first kappa shape index (κ1) is 11.9. The van der Waals surface area contributed by atoms with Crippen molar-refractivity contribution in [3.05, 3.63) is 34.3 Å². The van der Waals surface area contributed by atoms with E-state index in [1.54, 1.807) is 12.1 Å². The van der Waals surface area contributed by atoms with E-state index in [0.29, 0.717) is 11.4 Å². The maximum Gasteiger partial charge on any atom is 0.233 e. The van der Waals surface area contributed by atoms with Crippen LogP contribution in [0.4, 0.5) is 0 Å².